The molecule has 0 aliphatic rings. The average Bonchev–Trinajstić information content (AvgIpc) is 3.66. The van der Waals surface area contributed by atoms with E-state index in [1.54, 1.807) is 24.8 Å². The fourth-order valence-electron chi connectivity index (χ4n) is 2.50. The zero-order chi connectivity index (χ0) is 30.4. The molecule has 0 unspecified atom stereocenters. The van der Waals surface area contributed by atoms with E-state index in [4.69, 9.17) is 80.9 Å². The molecule has 0 aliphatic carbocycles. The Balaban J connectivity index is 0.000000262. The number of thiocarbonyl (C=S) groups is 4. The normalized spacial score (nSPS) is 9.41. The number of nitrogens with zero attached hydrogens (tertiary/aromatic N) is 10. The molecule has 23 heteroatoms. The van der Waals surface area contributed by atoms with Crippen LogP contribution in [0.15, 0.2) is 60.3 Å². The summed E-state index contributed by atoms with van der Waals surface area (Å²) in [6.45, 7) is 0. The molecule has 212 valence electrons. The standard InChI is InChI=1S/2C9H7N5S5.Mo.2O/c2*15-8(16)13(6-5-10-1-2-11-6)14(9(17)18)7-12-3-4-19-7;;;/h2*1-5H,(H,15,16)(H,17,18);;;/q;;+2;;/p-2. The van der Waals surface area contributed by atoms with Crippen molar-refractivity contribution in [3.05, 3.63) is 60.3 Å². The molecule has 0 bridgehead atoms. The van der Waals surface area contributed by atoms with E-state index in [-0.39, 0.29) is 17.3 Å². The second-order valence-electron chi connectivity index (χ2n) is 6.17. The van der Waals surface area contributed by atoms with Gasteiger partial charge in [0, 0.05) is 47.9 Å². The molecule has 0 saturated heterocycles. The average molecular weight is 817 g/mol. The number of rotatable bonds is 4. The van der Waals surface area contributed by atoms with Crippen molar-refractivity contribution >= 4 is 161 Å². The molecule has 0 N–H and O–H groups in total. The first-order chi connectivity index (χ1) is 19.6. The van der Waals surface area contributed by atoms with Crippen molar-refractivity contribution in [3.8, 4) is 0 Å². The summed E-state index contributed by atoms with van der Waals surface area (Å²) in [4.78, 5) is 24.7. The van der Waals surface area contributed by atoms with Crippen LogP contribution in [0.25, 0.3) is 0 Å². The van der Waals surface area contributed by atoms with Gasteiger partial charge in [-0.05, 0) is 8.64 Å². The molecule has 4 aromatic rings. The topological polar surface area (TPSA) is 124 Å². The first kappa shape index (κ1) is 35.6. The molecule has 0 amide bonds. The monoisotopic (exact) mass is 818 g/mol. The molecule has 0 aliphatic heterocycles. The molecular weight excluding hydrogens is 805 g/mol. The Hall–Kier alpha value is -1.59. The molecule has 0 atom stereocenters. The minimum absolute atomic E-state index is 0.145. The van der Waals surface area contributed by atoms with Gasteiger partial charge in [-0.1, -0.05) is 24.4 Å². The summed E-state index contributed by atoms with van der Waals surface area (Å²) in [7, 11) is 0. The first-order valence-corrected chi connectivity index (χ1v) is 16.7. The molecule has 0 radical (unpaired) electrons. The third kappa shape index (κ3) is 10.9. The summed E-state index contributed by atoms with van der Waals surface area (Å²) in [5.74, 6) is 0.906. The molecule has 4 heterocycles. The SMILES string of the molecule is S=C([S-])N(c1cnccn1)N(C(=S)S)c1nccs1.S=C([S-])N(c1cnccn1)N(C(=S)S)c1nccs1.[O]=[Mo+2]=[O]. The van der Waals surface area contributed by atoms with Gasteiger partial charge in [-0.3, -0.25) is 9.97 Å². The van der Waals surface area contributed by atoms with Gasteiger partial charge in [-0.15, -0.1) is 47.9 Å². The van der Waals surface area contributed by atoms with Crippen LogP contribution < -0.4 is 20.0 Å². The molecule has 0 fully saturated rings. The zero-order valence-electron chi connectivity index (χ0n) is 19.6. The van der Waals surface area contributed by atoms with Crippen LogP contribution in [0.2, 0.25) is 0 Å². The summed E-state index contributed by atoms with van der Waals surface area (Å²) < 4.78 is 17.8. The van der Waals surface area contributed by atoms with Crippen LogP contribution in [-0.2, 0) is 50.5 Å². The van der Waals surface area contributed by atoms with Gasteiger partial charge in [0.15, 0.2) is 20.3 Å². The number of thiazole rings is 2. The van der Waals surface area contributed by atoms with Crippen LogP contribution in [0.5, 0.6) is 0 Å². The van der Waals surface area contributed by atoms with Gasteiger partial charge in [0.25, 0.3) is 0 Å². The second kappa shape index (κ2) is 18.8. The fourth-order valence-corrected chi connectivity index (χ4v) is 5.44. The van der Waals surface area contributed by atoms with E-state index in [1.807, 2.05) is 10.8 Å². The van der Waals surface area contributed by atoms with Crippen LogP contribution in [0.1, 0.15) is 0 Å². The third-order valence-electron chi connectivity index (χ3n) is 3.84. The molecule has 0 saturated carbocycles. The third-order valence-corrected chi connectivity index (χ3v) is 6.75. The maximum absolute atomic E-state index is 8.50. The Morgan fingerprint density at radius 3 is 1.24 bits per heavy atom. The predicted molar refractivity (Wildman–Crippen MR) is 183 cm³/mol. The molecule has 0 spiro atoms. The van der Waals surface area contributed by atoms with Gasteiger partial charge in [0.2, 0.25) is 10.3 Å². The quantitative estimate of drug-likeness (QED) is 0.101. The van der Waals surface area contributed by atoms with E-state index >= 15 is 0 Å². The van der Waals surface area contributed by atoms with E-state index in [9.17, 15) is 0 Å². The van der Waals surface area contributed by atoms with Gasteiger partial charge >= 0.3 is 25.3 Å². The van der Waals surface area contributed by atoms with E-state index < -0.39 is 18.5 Å². The van der Waals surface area contributed by atoms with Crippen LogP contribution in [-0.4, -0.2) is 47.2 Å². The van der Waals surface area contributed by atoms with E-state index in [2.05, 4.69) is 55.2 Å². The summed E-state index contributed by atoms with van der Waals surface area (Å²) in [5, 5.41) is 10.8. The van der Waals surface area contributed by atoms with Gasteiger partial charge in [-0.25, -0.2) is 40.0 Å². The predicted octanol–water partition coefficient (Wildman–Crippen LogP) is 4.18. The van der Waals surface area contributed by atoms with Crippen molar-refractivity contribution in [1.82, 2.24) is 29.9 Å². The summed E-state index contributed by atoms with van der Waals surface area (Å²) in [5.41, 5.74) is 0. The summed E-state index contributed by atoms with van der Waals surface area (Å²) >= 11 is 39.7. The van der Waals surface area contributed by atoms with Crippen LogP contribution in [0.3, 0.4) is 0 Å². The Kier molecular flexibility index (Phi) is 16.4. The van der Waals surface area contributed by atoms with Gasteiger partial charge < -0.3 is 49.7 Å². The van der Waals surface area contributed by atoms with Crippen LogP contribution in [0.4, 0.5) is 21.9 Å². The van der Waals surface area contributed by atoms with Gasteiger partial charge in [0.1, 0.15) is 0 Å². The van der Waals surface area contributed by atoms with E-state index in [0.717, 1.165) is 0 Å². The fraction of sp³-hybridized carbons (Fsp3) is 0. The Morgan fingerprint density at radius 2 is 1.02 bits per heavy atom. The molecule has 4 aromatic heterocycles. The molecule has 12 nitrogen and oxygen atoms in total. The van der Waals surface area contributed by atoms with Crippen molar-refractivity contribution in [2.45, 2.75) is 0 Å². The summed E-state index contributed by atoms with van der Waals surface area (Å²) in [6.07, 6.45) is 12.6. The van der Waals surface area contributed by atoms with Crippen molar-refractivity contribution < 1.29 is 25.3 Å². The van der Waals surface area contributed by atoms with E-state index in [1.165, 1.54) is 67.5 Å². The Labute approximate surface area is 293 Å². The number of hydrogen-bond donors (Lipinski definition) is 2. The Bertz CT molecular complexity index is 1360. The number of thiol groups is 2. The number of hydrazine groups is 2. The van der Waals surface area contributed by atoms with Gasteiger partial charge in [0.05, 0.1) is 12.4 Å². The molecule has 41 heavy (non-hydrogen) atoms. The zero-order valence-corrected chi connectivity index (χ0v) is 30.0. The maximum atomic E-state index is 8.50. The first-order valence-electron chi connectivity index (χ1n) is 9.94. The number of hydrogen-bond acceptors (Lipinski definition) is 16. The van der Waals surface area contributed by atoms with Crippen LogP contribution >= 0.6 is 96.8 Å². The van der Waals surface area contributed by atoms with Gasteiger partial charge in [-0.2, -0.15) is 0 Å². The van der Waals surface area contributed by atoms with Crippen molar-refractivity contribution in [1.29, 1.82) is 0 Å². The van der Waals surface area contributed by atoms with Crippen molar-refractivity contribution in [3.63, 3.8) is 0 Å². The number of aromatic nitrogens is 6. The van der Waals surface area contributed by atoms with Crippen LogP contribution in [0, 0.1) is 0 Å². The second-order valence-corrected chi connectivity index (χ2v) is 12.5. The molecule has 4 rings (SSSR count). The molecular formula is C18H12MoN10O2S10. The van der Waals surface area contributed by atoms with E-state index in [0.29, 0.717) is 21.9 Å². The van der Waals surface area contributed by atoms with Crippen molar-refractivity contribution in [2.24, 2.45) is 0 Å². The Morgan fingerprint density at radius 1 is 0.659 bits per heavy atom. The van der Waals surface area contributed by atoms with Crippen molar-refractivity contribution in [2.75, 3.05) is 20.0 Å². The summed E-state index contributed by atoms with van der Waals surface area (Å²) in [6, 6.07) is 0. The molecule has 0 aromatic carbocycles. The minimum atomic E-state index is -2.03. The number of anilines is 4.